The summed E-state index contributed by atoms with van der Waals surface area (Å²) in [5.41, 5.74) is 1.15. The van der Waals surface area contributed by atoms with Crippen molar-refractivity contribution in [1.82, 2.24) is 10.6 Å². The van der Waals surface area contributed by atoms with Gasteiger partial charge in [-0.25, -0.2) is 9.59 Å². The maximum atomic E-state index is 12.0. The third kappa shape index (κ3) is 5.23. The first kappa shape index (κ1) is 18.3. The highest BCUT2D eigenvalue weighted by Gasteiger charge is 2.32. The molecule has 1 aliphatic carbocycles. The third-order valence-electron chi connectivity index (χ3n) is 4.64. The van der Waals surface area contributed by atoms with Crippen LogP contribution in [-0.2, 0) is 11.3 Å². The fraction of sp³-hybridized carbons (Fsp3) is 0.556. The summed E-state index contributed by atoms with van der Waals surface area (Å²) in [5, 5.41) is 14.6. The largest absolute Gasteiger partial charge is 0.478 e. The Bertz CT molecular complexity index is 545. The maximum absolute atomic E-state index is 12.0. The summed E-state index contributed by atoms with van der Waals surface area (Å²) < 4.78 is 5.36. The molecular weight excluding hydrogens is 308 g/mol. The first-order valence-electron chi connectivity index (χ1n) is 8.38. The Morgan fingerprint density at radius 1 is 1.12 bits per heavy atom. The Kier molecular flexibility index (Phi) is 6.61. The zero-order valence-electron chi connectivity index (χ0n) is 14.1. The normalized spacial score (nSPS) is 16.4. The third-order valence-corrected chi connectivity index (χ3v) is 4.64. The standard InChI is InChI=1S/C18H26N2O4/c1-24-13-18(9-3-2-4-10-18)12-20-17(23)19-11-14-5-7-15(8-6-14)16(21)22/h5-8H,2-4,9-13H2,1H3,(H,21,22)(H2,19,20,23). The fourth-order valence-electron chi connectivity index (χ4n) is 3.26. The quantitative estimate of drug-likeness (QED) is 0.715. The van der Waals surface area contributed by atoms with Gasteiger partial charge in [0.05, 0.1) is 12.2 Å². The number of ether oxygens (including phenoxy) is 1. The van der Waals surface area contributed by atoms with Crippen LogP contribution in [0.25, 0.3) is 0 Å². The van der Waals surface area contributed by atoms with Crippen LogP contribution < -0.4 is 10.6 Å². The Morgan fingerprint density at radius 2 is 1.79 bits per heavy atom. The van der Waals surface area contributed by atoms with Gasteiger partial charge in [-0.2, -0.15) is 0 Å². The molecule has 1 aliphatic rings. The number of hydrogen-bond acceptors (Lipinski definition) is 3. The topological polar surface area (TPSA) is 87.7 Å². The lowest BCUT2D eigenvalue weighted by atomic mass is 9.74. The first-order chi connectivity index (χ1) is 11.5. The van der Waals surface area contributed by atoms with Crippen molar-refractivity contribution in [2.24, 2.45) is 5.41 Å². The molecule has 6 nitrogen and oxygen atoms in total. The highest BCUT2D eigenvalue weighted by Crippen LogP contribution is 2.35. The molecule has 0 heterocycles. The minimum atomic E-state index is -0.955. The summed E-state index contributed by atoms with van der Waals surface area (Å²) >= 11 is 0. The second-order valence-electron chi connectivity index (χ2n) is 6.53. The summed E-state index contributed by atoms with van der Waals surface area (Å²) in [7, 11) is 1.71. The number of carbonyl (C=O) groups excluding carboxylic acids is 1. The molecule has 1 saturated carbocycles. The smallest absolute Gasteiger partial charge is 0.335 e. The van der Waals surface area contributed by atoms with Crippen LogP contribution in [0.3, 0.4) is 0 Å². The number of rotatable bonds is 7. The number of benzene rings is 1. The molecule has 1 aromatic carbocycles. The van der Waals surface area contributed by atoms with Crippen LogP contribution in [0.1, 0.15) is 48.0 Å². The lowest BCUT2D eigenvalue weighted by Crippen LogP contribution is -2.45. The van der Waals surface area contributed by atoms with E-state index in [0.29, 0.717) is 19.7 Å². The Morgan fingerprint density at radius 3 is 2.38 bits per heavy atom. The van der Waals surface area contributed by atoms with Crippen molar-refractivity contribution in [3.05, 3.63) is 35.4 Å². The molecule has 0 aromatic heterocycles. The Labute approximate surface area is 142 Å². The highest BCUT2D eigenvalue weighted by atomic mass is 16.5. The first-order valence-corrected chi connectivity index (χ1v) is 8.38. The van der Waals surface area contributed by atoms with Gasteiger partial charge in [-0.1, -0.05) is 31.4 Å². The molecule has 0 atom stereocenters. The van der Waals surface area contributed by atoms with Gasteiger partial charge >= 0.3 is 12.0 Å². The number of carboxylic acids is 1. The molecule has 2 amide bonds. The number of carbonyl (C=O) groups is 2. The van der Waals surface area contributed by atoms with Crippen LogP contribution in [0, 0.1) is 5.41 Å². The van der Waals surface area contributed by atoms with Crippen molar-refractivity contribution in [3.8, 4) is 0 Å². The van der Waals surface area contributed by atoms with Crippen LogP contribution in [-0.4, -0.2) is 37.4 Å². The average molecular weight is 334 g/mol. The van der Waals surface area contributed by atoms with Crippen LogP contribution in [0.4, 0.5) is 4.79 Å². The number of carboxylic acid groups (broad SMARTS) is 1. The molecule has 0 saturated heterocycles. The molecule has 0 radical (unpaired) electrons. The van der Waals surface area contributed by atoms with Gasteiger partial charge in [-0.05, 0) is 30.5 Å². The molecule has 132 valence electrons. The Hall–Kier alpha value is -2.08. The summed E-state index contributed by atoms with van der Waals surface area (Å²) in [6.45, 7) is 1.65. The molecule has 0 unspecified atom stereocenters. The molecule has 2 rings (SSSR count). The number of nitrogens with one attached hydrogen (secondary N) is 2. The van der Waals surface area contributed by atoms with Gasteiger partial charge in [-0.15, -0.1) is 0 Å². The fourth-order valence-corrected chi connectivity index (χ4v) is 3.26. The van der Waals surface area contributed by atoms with Gasteiger partial charge in [-0.3, -0.25) is 0 Å². The van der Waals surface area contributed by atoms with E-state index < -0.39 is 5.97 Å². The van der Waals surface area contributed by atoms with Crippen molar-refractivity contribution < 1.29 is 19.4 Å². The monoisotopic (exact) mass is 334 g/mol. The zero-order valence-corrected chi connectivity index (χ0v) is 14.1. The van der Waals surface area contributed by atoms with E-state index >= 15 is 0 Å². The van der Waals surface area contributed by atoms with E-state index in [9.17, 15) is 9.59 Å². The molecule has 0 spiro atoms. The average Bonchev–Trinajstić information content (AvgIpc) is 2.60. The van der Waals surface area contributed by atoms with Crippen LogP contribution in [0.5, 0.6) is 0 Å². The molecule has 0 bridgehead atoms. The molecular formula is C18H26N2O4. The van der Waals surface area contributed by atoms with E-state index in [0.717, 1.165) is 18.4 Å². The lowest BCUT2D eigenvalue weighted by molar-refractivity contribution is 0.0502. The highest BCUT2D eigenvalue weighted by molar-refractivity contribution is 5.87. The van der Waals surface area contributed by atoms with Gasteiger partial charge in [0.1, 0.15) is 0 Å². The van der Waals surface area contributed by atoms with Gasteiger partial charge in [0.25, 0.3) is 0 Å². The lowest BCUT2D eigenvalue weighted by Gasteiger charge is -2.36. The van der Waals surface area contributed by atoms with Crippen molar-refractivity contribution in [2.45, 2.75) is 38.6 Å². The molecule has 1 aromatic rings. The number of methoxy groups -OCH3 is 1. The molecule has 24 heavy (non-hydrogen) atoms. The van der Waals surface area contributed by atoms with E-state index in [2.05, 4.69) is 10.6 Å². The number of aromatic carboxylic acids is 1. The van der Waals surface area contributed by atoms with Gasteiger partial charge in [0.15, 0.2) is 0 Å². The molecule has 3 N–H and O–H groups in total. The second-order valence-corrected chi connectivity index (χ2v) is 6.53. The van der Waals surface area contributed by atoms with Gasteiger partial charge in [0.2, 0.25) is 0 Å². The van der Waals surface area contributed by atoms with Crippen molar-refractivity contribution in [1.29, 1.82) is 0 Å². The van der Waals surface area contributed by atoms with Crippen molar-refractivity contribution >= 4 is 12.0 Å². The molecule has 0 aliphatic heterocycles. The molecule has 6 heteroatoms. The van der Waals surface area contributed by atoms with Crippen molar-refractivity contribution in [3.63, 3.8) is 0 Å². The SMILES string of the molecule is COCC1(CNC(=O)NCc2ccc(C(=O)O)cc2)CCCCC1. The molecule has 1 fully saturated rings. The minimum Gasteiger partial charge on any atom is -0.478 e. The number of urea groups is 1. The zero-order chi connectivity index (χ0) is 17.4. The Balaban J connectivity index is 1.78. The maximum Gasteiger partial charge on any atom is 0.335 e. The van der Waals surface area contributed by atoms with E-state index in [1.807, 2.05) is 0 Å². The minimum absolute atomic E-state index is 0.0491. The van der Waals surface area contributed by atoms with Crippen LogP contribution in [0.15, 0.2) is 24.3 Å². The van der Waals surface area contributed by atoms with Crippen LogP contribution in [0.2, 0.25) is 0 Å². The summed E-state index contributed by atoms with van der Waals surface area (Å²) in [5.74, 6) is -0.955. The van der Waals surface area contributed by atoms with E-state index in [1.165, 1.54) is 31.4 Å². The predicted octanol–water partition coefficient (Wildman–Crippen LogP) is 2.78. The van der Waals surface area contributed by atoms with E-state index in [4.69, 9.17) is 9.84 Å². The van der Waals surface area contributed by atoms with E-state index in [-0.39, 0.29) is 17.0 Å². The van der Waals surface area contributed by atoms with Gasteiger partial charge in [0, 0.05) is 25.6 Å². The summed E-state index contributed by atoms with van der Waals surface area (Å²) in [6.07, 6.45) is 5.78. The predicted molar refractivity (Wildman–Crippen MR) is 91.0 cm³/mol. The number of hydrogen-bond donors (Lipinski definition) is 3. The van der Waals surface area contributed by atoms with Crippen molar-refractivity contribution in [2.75, 3.05) is 20.3 Å². The van der Waals surface area contributed by atoms with Crippen LogP contribution >= 0.6 is 0 Å². The van der Waals surface area contributed by atoms with E-state index in [1.54, 1.807) is 19.2 Å². The van der Waals surface area contributed by atoms with Gasteiger partial charge < -0.3 is 20.5 Å². The summed E-state index contributed by atoms with van der Waals surface area (Å²) in [6, 6.07) is 6.27. The number of amides is 2. The second kappa shape index (κ2) is 8.68. The summed E-state index contributed by atoms with van der Waals surface area (Å²) in [4.78, 5) is 22.8.